The zero-order valence-corrected chi connectivity index (χ0v) is 17.3. The molecule has 1 aromatic carbocycles. The molecular weight excluding hydrogens is 370 g/mol. The van der Waals surface area contributed by atoms with Crippen molar-refractivity contribution in [2.75, 3.05) is 13.1 Å². The number of nitrogens with zero attached hydrogens (tertiary/aromatic N) is 1. The predicted octanol–water partition coefficient (Wildman–Crippen LogP) is 3.96. The van der Waals surface area contributed by atoms with Crippen molar-refractivity contribution in [2.24, 2.45) is 0 Å². The number of carbonyl (C=O) groups excluding carboxylic acids is 2. The van der Waals surface area contributed by atoms with Crippen molar-refractivity contribution < 1.29 is 19.1 Å². The lowest BCUT2D eigenvalue weighted by Crippen LogP contribution is -2.25. The van der Waals surface area contributed by atoms with E-state index < -0.39 is 12.2 Å². The molecule has 29 heavy (non-hydrogen) atoms. The van der Waals surface area contributed by atoms with Gasteiger partial charge in [0.25, 0.3) is 0 Å². The highest BCUT2D eigenvalue weighted by Gasteiger charge is 2.28. The predicted molar refractivity (Wildman–Crippen MR) is 110 cm³/mol. The molecule has 7 nitrogen and oxygen atoms in total. The molecule has 1 aromatic heterocycles. The Morgan fingerprint density at radius 1 is 0.966 bits per heavy atom. The molecule has 3 rings (SSSR count). The number of alkyl carbamates (subject to hydrolysis) is 2. The molecule has 0 radical (unpaired) electrons. The maximum Gasteiger partial charge on any atom is 0.407 e. The molecule has 0 bridgehead atoms. The van der Waals surface area contributed by atoms with Crippen molar-refractivity contribution in [3.8, 4) is 5.69 Å². The van der Waals surface area contributed by atoms with E-state index in [-0.39, 0.29) is 13.2 Å². The topological polar surface area (TPSA) is 81.6 Å². The molecule has 7 heteroatoms. The fourth-order valence-electron chi connectivity index (χ4n) is 3.63. The van der Waals surface area contributed by atoms with Gasteiger partial charge in [0.05, 0.1) is 0 Å². The van der Waals surface area contributed by atoms with Crippen LogP contribution in [0.25, 0.3) is 5.69 Å². The van der Waals surface area contributed by atoms with Gasteiger partial charge in [0.15, 0.2) is 0 Å². The van der Waals surface area contributed by atoms with Crippen molar-refractivity contribution in [3.05, 3.63) is 52.3 Å². The quantitative estimate of drug-likeness (QED) is 0.601. The summed E-state index contributed by atoms with van der Waals surface area (Å²) in [6.45, 7) is 7.41. The van der Waals surface area contributed by atoms with Crippen LogP contribution in [-0.2, 0) is 29.1 Å². The maximum atomic E-state index is 12.0. The van der Waals surface area contributed by atoms with Crippen LogP contribution in [0.1, 0.15) is 54.8 Å². The van der Waals surface area contributed by atoms with Gasteiger partial charge in [-0.2, -0.15) is 0 Å². The van der Waals surface area contributed by atoms with Gasteiger partial charge < -0.3 is 24.7 Å². The van der Waals surface area contributed by atoms with E-state index in [1.807, 2.05) is 32.9 Å². The van der Waals surface area contributed by atoms with Crippen LogP contribution in [0, 0.1) is 6.92 Å². The monoisotopic (exact) mass is 399 g/mol. The van der Waals surface area contributed by atoms with Crippen LogP contribution in [0.5, 0.6) is 0 Å². The third kappa shape index (κ3) is 4.55. The highest BCUT2D eigenvalue weighted by atomic mass is 16.6. The fourth-order valence-corrected chi connectivity index (χ4v) is 3.63. The van der Waals surface area contributed by atoms with Crippen LogP contribution in [0.3, 0.4) is 0 Å². The van der Waals surface area contributed by atoms with Gasteiger partial charge in [-0.25, -0.2) is 9.59 Å². The van der Waals surface area contributed by atoms with Crippen LogP contribution in [0.15, 0.2) is 24.3 Å². The maximum absolute atomic E-state index is 12.0. The lowest BCUT2D eigenvalue weighted by atomic mass is 10.0. The first-order valence-electron chi connectivity index (χ1n) is 10.2. The smallest absolute Gasteiger partial charge is 0.407 e. The van der Waals surface area contributed by atoms with Gasteiger partial charge in [-0.15, -0.1) is 0 Å². The number of rotatable bonds is 8. The summed E-state index contributed by atoms with van der Waals surface area (Å²) in [5.41, 5.74) is 6.24. The number of hydrogen-bond acceptors (Lipinski definition) is 4. The molecule has 0 saturated carbocycles. The zero-order valence-electron chi connectivity index (χ0n) is 17.3. The summed E-state index contributed by atoms with van der Waals surface area (Å²) in [7, 11) is 0. The Kier molecular flexibility index (Phi) is 6.80. The van der Waals surface area contributed by atoms with Gasteiger partial charge in [0, 0.05) is 47.7 Å². The standard InChI is InChI=1S/C22H29N3O4/c1-4-10-23-21(26)28-13-17-15(3)25-19-9-7-6-8-16(19)12-20(25)18(17)14-29-22(27)24-11-5-2/h6-9H,4-5,10-14H2,1-3H3,(H,23,26)(H,24,27). The van der Waals surface area contributed by atoms with Crippen molar-refractivity contribution in [1.29, 1.82) is 0 Å². The van der Waals surface area contributed by atoms with Crippen LogP contribution in [0.2, 0.25) is 0 Å². The molecular formula is C22H29N3O4. The van der Waals surface area contributed by atoms with E-state index in [4.69, 9.17) is 9.47 Å². The Balaban J connectivity index is 1.84. The summed E-state index contributed by atoms with van der Waals surface area (Å²) in [5, 5.41) is 5.44. The second kappa shape index (κ2) is 9.49. The summed E-state index contributed by atoms with van der Waals surface area (Å²) in [6.07, 6.45) is 1.57. The number of benzene rings is 1. The zero-order chi connectivity index (χ0) is 20.8. The van der Waals surface area contributed by atoms with Gasteiger partial charge >= 0.3 is 12.2 Å². The largest absolute Gasteiger partial charge is 0.445 e. The molecule has 2 aromatic rings. The minimum Gasteiger partial charge on any atom is -0.445 e. The highest BCUT2D eigenvalue weighted by Crippen LogP contribution is 2.36. The van der Waals surface area contributed by atoms with Crippen molar-refractivity contribution in [1.82, 2.24) is 15.2 Å². The molecule has 2 N–H and O–H groups in total. The van der Waals surface area contributed by atoms with Gasteiger partial charge in [-0.3, -0.25) is 0 Å². The first-order chi connectivity index (χ1) is 14.1. The van der Waals surface area contributed by atoms with Crippen molar-refractivity contribution in [2.45, 2.75) is 53.2 Å². The molecule has 2 heterocycles. The molecule has 1 aliphatic heterocycles. The van der Waals surface area contributed by atoms with Crippen LogP contribution in [-0.4, -0.2) is 29.8 Å². The summed E-state index contributed by atoms with van der Waals surface area (Å²) < 4.78 is 13.1. The third-order valence-electron chi connectivity index (χ3n) is 5.08. The second-order valence-corrected chi connectivity index (χ2v) is 7.14. The van der Waals surface area contributed by atoms with E-state index in [1.165, 1.54) is 5.56 Å². The fraction of sp³-hybridized carbons (Fsp3) is 0.455. The number of nitrogens with one attached hydrogen (secondary N) is 2. The summed E-state index contributed by atoms with van der Waals surface area (Å²) >= 11 is 0. The number of para-hydroxylation sites is 1. The van der Waals surface area contributed by atoms with Gasteiger partial charge in [-0.05, 0) is 31.4 Å². The number of amides is 2. The average Bonchev–Trinajstić information content (AvgIpc) is 3.22. The SMILES string of the molecule is CCCNC(=O)OCc1c(COC(=O)NCCC)c2n(c1C)-c1ccccc1C2. The minimum absolute atomic E-state index is 0.138. The Labute approximate surface area is 171 Å². The van der Waals surface area contributed by atoms with Gasteiger partial charge in [-0.1, -0.05) is 32.0 Å². The van der Waals surface area contributed by atoms with E-state index in [9.17, 15) is 9.59 Å². The molecule has 2 amide bonds. The van der Waals surface area contributed by atoms with E-state index in [0.29, 0.717) is 13.1 Å². The molecule has 0 unspecified atom stereocenters. The lowest BCUT2D eigenvalue weighted by molar-refractivity contribution is 0.131. The van der Waals surface area contributed by atoms with Crippen LogP contribution >= 0.6 is 0 Å². The third-order valence-corrected chi connectivity index (χ3v) is 5.08. The van der Waals surface area contributed by atoms with Crippen molar-refractivity contribution >= 4 is 12.2 Å². The van der Waals surface area contributed by atoms with Crippen LogP contribution in [0.4, 0.5) is 9.59 Å². The second-order valence-electron chi connectivity index (χ2n) is 7.14. The molecule has 0 saturated heterocycles. The number of ether oxygens (including phenoxy) is 2. The molecule has 156 valence electrons. The molecule has 0 fully saturated rings. The summed E-state index contributed by atoms with van der Waals surface area (Å²) in [4.78, 5) is 23.9. The van der Waals surface area contributed by atoms with Gasteiger partial charge in [0.1, 0.15) is 13.2 Å². The Morgan fingerprint density at radius 3 is 2.17 bits per heavy atom. The van der Waals surface area contributed by atoms with Crippen molar-refractivity contribution in [3.63, 3.8) is 0 Å². The first kappa shape index (κ1) is 20.8. The van der Waals surface area contributed by atoms with E-state index in [2.05, 4.69) is 27.3 Å². The highest BCUT2D eigenvalue weighted by molar-refractivity contribution is 5.68. The number of aromatic nitrogens is 1. The lowest BCUT2D eigenvalue weighted by Gasteiger charge is -2.11. The molecule has 0 spiro atoms. The summed E-state index contributed by atoms with van der Waals surface area (Å²) in [6, 6.07) is 8.22. The number of carbonyl (C=O) groups is 2. The minimum atomic E-state index is -0.439. The van der Waals surface area contributed by atoms with E-state index in [0.717, 1.165) is 47.5 Å². The number of fused-ring (bicyclic) bond motifs is 3. The van der Waals surface area contributed by atoms with Crippen LogP contribution < -0.4 is 10.6 Å². The average molecular weight is 399 g/mol. The first-order valence-corrected chi connectivity index (χ1v) is 10.2. The molecule has 1 aliphatic rings. The molecule has 0 atom stereocenters. The molecule has 0 aliphatic carbocycles. The Hall–Kier alpha value is -2.96. The normalized spacial score (nSPS) is 11.6. The van der Waals surface area contributed by atoms with E-state index >= 15 is 0 Å². The Bertz CT molecular complexity index is 888. The van der Waals surface area contributed by atoms with Gasteiger partial charge in [0.2, 0.25) is 0 Å². The van der Waals surface area contributed by atoms with E-state index in [1.54, 1.807) is 0 Å². The Morgan fingerprint density at radius 2 is 1.55 bits per heavy atom. The summed E-state index contributed by atoms with van der Waals surface area (Å²) in [5.74, 6) is 0. The number of hydrogen-bond donors (Lipinski definition) is 2.